The summed E-state index contributed by atoms with van der Waals surface area (Å²) in [6, 6.07) is 7.89. The number of rotatable bonds is 10. The number of carbonyl (C=O) groups excluding carboxylic acids is 3. The highest BCUT2D eigenvalue weighted by atomic mass is 32.1. The van der Waals surface area contributed by atoms with E-state index in [0.717, 1.165) is 153 Å². The zero-order chi connectivity index (χ0) is 49.0. The summed E-state index contributed by atoms with van der Waals surface area (Å²) < 4.78 is 14.7. The smallest absolute Gasteiger partial charge is 0.324 e. The number of aryl methyl sites for hydroxylation is 1. The van der Waals surface area contributed by atoms with Crippen LogP contribution in [0, 0.1) is 16.7 Å². The van der Waals surface area contributed by atoms with E-state index in [-0.39, 0.29) is 54.3 Å². The molecular formula is C55H76N10O5S. The Labute approximate surface area is 423 Å². The highest BCUT2D eigenvalue weighted by Crippen LogP contribution is 2.44. The molecule has 71 heavy (non-hydrogen) atoms. The Kier molecular flexibility index (Phi) is 13.8. The first-order valence-electron chi connectivity index (χ1n) is 27.0. The van der Waals surface area contributed by atoms with E-state index in [1.54, 1.807) is 12.1 Å². The molecule has 2 aliphatic carbocycles. The van der Waals surface area contributed by atoms with Crippen LogP contribution in [0.3, 0.4) is 0 Å². The number of thiazole rings is 1. The van der Waals surface area contributed by atoms with Crippen molar-refractivity contribution in [2.75, 3.05) is 77.5 Å². The first-order valence-corrected chi connectivity index (χ1v) is 27.9. The number of cyclic esters (lactones) is 1. The average Bonchev–Trinajstić information content (AvgIpc) is 3.88. The Hall–Kier alpha value is -4.45. The second-order valence-electron chi connectivity index (χ2n) is 22.9. The van der Waals surface area contributed by atoms with Gasteiger partial charge in [0.15, 0.2) is 0 Å². The van der Waals surface area contributed by atoms with Crippen LogP contribution in [0.15, 0.2) is 35.8 Å². The highest BCUT2D eigenvalue weighted by Gasteiger charge is 2.47. The Morgan fingerprint density at radius 1 is 1.01 bits per heavy atom. The number of carbonyl (C=O) groups is 3. The van der Waals surface area contributed by atoms with E-state index in [2.05, 4.69) is 92.7 Å². The van der Waals surface area contributed by atoms with Gasteiger partial charge in [-0.3, -0.25) is 34.2 Å². The van der Waals surface area contributed by atoms with Gasteiger partial charge >= 0.3 is 5.97 Å². The fourth-order valence-corrected chi connectivity index (χ4v) is 14.0. The topological polar surface area (TPSA) is 149 Å². The molecule has 0 radical (unpaired) electrons. The normalized spacial score (nSPS) is 26.8. The number of fused-ring (bicyclic) bond motifs is 6. The van der Waals surface area contributed by atoms with E-state index in [1.165, 1.54) is 29.7 Å². The van der Waals surface area contributed by atoms with Crippen LogP contribution in [0.1, 0.15) is 114 Å². The summed E-state index contributed by atoms with van der Waals surface area (Å²) >= 11 is 1.53. The second-order valence-corrected chi connectivity index (χ2v) is 23.8. The number of hydrogen-bond donors (Lipinski definition) is 3. The quantitative estimate of drug-likeness (QED) is 0.145. The summed E-state index contributed by atoms with van der Waals surface area (Å²) in [6.07, 6.45) is 13.0. The number of likely N-dealkylation sites (tertiary alicyclic amines) is 1. The van der Waals surface area contributed by atoms with Crippen molar-refractivity contribution in [2.24, 2.45) is 16.7 Å². The standard InChI is InChI=1S/C55H76N10O5S/c1-6-64-46-16-13-37-26-40(46)42(50(64)41-27-39(30-57-48(41)35(2)69-5)62-24-22-61(23-25-62)38-14-15-38)29-54(3,4)34-70-53(68)43-12-9-20-65(60-43)52(67)44(28-47-58-45(37)31-71-47)59-51(66)49(36-10-7-8-11-36)63-21-18-55(33-63)17-19-56-32-55/h13,16,26-27,30-31,35-36,38,43-44,49,56,60H,6-12,14-15,17-25,28-29,32-34H2,1-5H3,(H,59,66)/t35-,43-,44-,49-,55-/m0/s1. The molecule has 4 saturated heterocycles. The molecule has 2 saturated carbocycles. The van der Waals surface area contributed by atoms with E-state index >= 15 is 0 Å². The lowest BCUT2D eigenvalue weighted by Crippen LogP contribution is -2.62. The van der Waals surface area contributed by atoms with Crippen LogP contribution in [0.25, 0.3) is 33.4 Å². The zero-order valence-electron chi connectivity index (χ0n) is 42.8. The number of hydrogen-bond acceptors (Lipinski definition) is 13. The van der Waals surface area contributed by atoms with Gasteiger partial charge in [0.2, 0.25) is 5.91 Å². The molecule has 11 rings (SSSR count). The molecule has 2 amide bonds. The van der Waals surface area contributed by atoms with Gasteiger partial charge in [-0.25, -0.2) is 10.4 Å². The minimum absolute atomic E-state index is 0.0680. The van der Waals surface area contributed by atoms with Crippen LogP contribution in [0.5, 0.6) is 0 Å². The molecule has 5 atom stereocenters. The van der Waals surface area contributed by atoms with Crippen molar-refractivity contribution >= 4 is 45.7 Å². The maximum Gasteiger partial charge on any atom is 0.324 e. The van der Waals surface area contributed by atoms with Gasteiger partial charge in [0, 0.05) is 105 Å². The average molecular weight is 989 g/mol. The van der Waals surface area contributed by atoms with E-state index in [1.807, 2.05) is 6.20 Å². The number of pyridine rings is 1. The first kappa shape index (κ1) is 48.8. The molecule has 5 aliphatic heterocycles. The number of hydrazine groups is 1. The number of aromatic nitrogens is 3. The third-order valence-electron chi connectivity index (χ3n) is 17.3. The van der Waals surface area contributed by atoms with Crippen LogP contribution in [0.4, 0.5) is 5.69 Å². The summed E-state index contributed by atoms with van der Waals surface area (Å²) in [7, 11) is 1.75. The molecule has 7 aliphatic rings. The Morgan fingerprint density at radius 3 is 2.58 bits per heavy atom. The fourth-order valence-electron chi connectivity index (χ4n) is 13.1. The van der Waals surface area contributed by atoms with Crippen molar-refractivity contribution in [3.63, 3.8) is 0 Å². The van der Waals surface area contributed by atoms with Gasteiger partial charge < -0.3 is 29.6 Å². The molecule has 3 N–H and O–H groups in total. The minimum Gasteiger partial charge on any atom is -0.464 e. The highest BCUT2D eigenvalue weighted by molar-refractivity contribution is 7.10. The van der Waals surface area contributed by atoms with Crippen LogP contribution in [-0.4, -0.2) is 144 Å². The number of nitrogens with zero attached hydrogens (tertiary/aromatic N) is 7. The summed E-state index contributed by atoms with van der Waals surface area (Å²) in [6.45, 7) is 17.8. The molecule has 6 bridgehead atoms. The molecule has 16 heteroatoms. The molecule has 8 heterocycles. The number of anilines is 1. The largest absolute Gasteiger partial charge is 0.464 e. The molecule has 1 spiro atoms. The number of amides is 2. The predicted molar refractivity (Wildman–Crippen MR) is 278 cm³/mol. The van der Waals surface area contributed by atoms with Crippen LogP contribution >= 0.6 is 11.3 Å². The molecule has 4 aromatic rings. The van der Waals surface area contributed by atoms with E-state index < -0.39 is 17.5 Å². The number of piperazine rings is 1. The van der Waals surface area contributed by atoms with Gasteiger partial charge in [-0.15, -0.1) is 11.3 Å². The van der Waals surface area contributed by atoms with Gasteiger partial charge in [0.05, 0.1) is 52.7 Å². The van der Waals surface area contributed by atoms with Gasteiger partial charge in [-0.2, -0.15) is 0 Å². The van der Waals surface area contributed by atoms with Crippen molar-refractivity contribution < 1.29 is 23.9 Å². The van der Waals surface area contributed by atoms with Gasteiger partial charge in [0.1, 0.15) is 12.1 Å². The molecule has 6 fully saturated rings. The maximum absolute atomic E-state index is 14.9. The van der Waals surface area contributed by atoms with Crippen LogP contribution in [0.2, 0.25) is 0 Å². The Bertz CT molecular complexity index is 2610. The van der Waals surface area contributed by atoms with Crippen molar-refractivity contribution in [1.29, 1.82) is 0 Å². The molecule has 15 nitrogen and oxygen atoms in total. The van der Waals surface area contributed by atoms with E-state index in [4.69, 9.17) is 19.4 Å². The monoisotopic (exact) mass is 989 g/mol. The van der Waals surface area contributed by atoms with E-state index in [0.29, 0.717) is 25.8 Å². The zero-order valence-corrected chi connectivity index (χ0v) is 43.6. The second kappa shape index (κ2) is 20.1. The molecule has 1 aromatic carbocycles. The molecule has 3 aromatic heterocycles. The van der Waals surface area contributed by atoms with Crippen molar-refractivity contribution in [3.05, 3.63) is 52.1 Å². The summed E-state index contributed by atoms with van der Waals surface area (Å²) in [4.78, 5) is 62.0. The number of benzene rings is 1. The van der Waals surface area contributed by atoms with Crippen molar-refractivity contribution in [3.8, 4) is 22.5 Å². The van der Waals surface area contributed by atoms with Crippen molar-refractivity contribution in [1.82, 2.24) is 45.4 Å². The van der Waals surface area contributed by atoms with Crippen LogP contribution in [-0.2, 0) is 43.2 Å². The maximum atomic E-state index is 14.9. The van der Waals surface area contributed by atoms with Crippen molar-refractivity contribution in [2.45, 2.75) is 142 Å². The first-order chi connectivity index (χ1) is 34.4. The Balaban J connectivity index is 0.970. The molecular weight excluding hydrogens is 913 g/mol. The lowest BCUT2D eigenvalue weighted by molar-refractivity contribution is -0.155. The van der Waals surface area contributed by atoms with Crippen LogP contribution < -0.4 is 21.0 Å². The van der Waals surface area contributed by atoms with Gasteiger partial charge in [0.25, 0.3) is 5.91 Å². The summed E-state index contributed by atoms with van der Waals surface area (Å²) in [5.41, 5.74) is 11.3. The van der Waals surface area contributed by atoms with Gasteiger partial charge in [-0.05, 0) is 120 Å². The SMILES string of the molecule is CCn1c(-c2cc(N3CCN(C4CC4)CC3)cnc2[C@H](C)OC)c2c3cc(ccc31)-c1csc(n1)C[C@H](NC(=O)[C@H](C1CCCC1)N1CC[C@]3(CCNC3)C1)C(=O)N1CCC[C@H](N1)C(=O)OCC(C)(C)C2. The fraction of sp³-hybridized carbons (Fsp3) is 0.655. The number of esters is 1. The lowest BCUT2D eigenvalue weighted by atomic mass is 9.84. The number of methoxy groups -OCH3 is 1. The van der Waals surface area contributed by atoms with Gasteiger partial charge in [-0.1, -0.05) is 32.8 Å². The number of nitrogens with one attached hydrogen (secondary N) is 3. The summed E-state index contributed by atoms with van der Waals surface area (Å²) in [5.74, 6) is -0.442. The lowest BCUT2D eigenvalue weighted by Gasteiger charge is -2.37. The minimum atomic E-state index is -0.874. The Morgan fingerprint density at radius 2 is 1.83 bits per heavy atom. The van der Waals surface area contributed by atoms with E-state index in [9.17, 15) is 14.4 Å². The third kappa shape index (κ3) is 9.90. The number of ether oxygens (including phenoxy) is 2. The summed E-state index contributed by atoms with van der Waals surface area (Å²) in [5, 5.41) is 12.5. The predicted octanol–water partition coefficient (Wildman–Crippen LogP) is 6.73. The molecule has 382 valence electrons. The third-order valence-corrected chi connectivity index (χ3v) is 18.1. The molecule has 0 unspecified atom stereocenters.